The molecule has 2 heterocycles. The van der Waals surface area contributed by atoms with E-state index in [2.05, 4.69) is 29.5 Å². The Bertz CT molecular complexity index is 528. The van der Waals surface area contributed by atoms with Gasteiger partial charge in [0.15, 0.2) is 0 Å². The first kappa shape index (κ1) is 15.3. The zero-order valence-electron chi connectivity index (χ0n) is 13.3. The van der Waals surface area contributed by atoms with Gasteiger partial charge >= 0.3 is 0 Å². The molecule has 0 spiro atoms. The van der Waals surface area contributed by atoms with Gasteiger partial charge in [0.05, 0.1) is 0 Å². The predicted molar refractivity (Wildman–Crippen MR) is 85.4 cm³/mol. The Morgan fingerprint density at radius 2 is 2.23 bits per heavy atom. The van der Waals surface area contributed by atoms with Crippen molar-refractivity contribution in [3.63, 3.8) is 0 Å². The molecule has 5 nitrogen and oxygen atoms in total. The Kier molecular flexibility index (Phi) is 4.62. The Morgan fingerprint density at radius 1 is 1.41 bits per heavy atom. The smallest absolute Gasteiger partial charge is 0.249 e. The molecule has 2 N–H and O–H groups in total. The summed E-state index contributed by atoms with van der Waals surface area (Å²) in [6.45, 7) is 5.51. The quantitative estimate of drug-likeness (QED) is 0.846. The van der Waals surface area contributed by atoms with Crippen LogP contribution in [-0.4, -0.2) is 29.6 Å². The molecule has 1 aromatic heterocycles. The maximum absolute atomic E-state index is 12.3. The standard InChI is InChI=1S/C17H25N3O2/c1-11(2)14-6-8-22-16(14)17(21)19-10-12-5-7-18-15(9-12)20-13-3-4-13/h5,7,9,11,13-14,16H,3-4,6,8,10H2,1-2H3,(H,18,20)(H,19,21)/t14-,16-/m1/s1. The predicted octanol–water partition coefficient (Wildman–Crippen LogP) is 2.33. The molecule has 2 aliphatic rings. The van der Waals surface area contributed by atoms with Gasteiger partial charge in [-0.2, -0.15) is 0 Å². The second-order valence-corrected chi connectivity index (χ2v) is 6.67. The van der Waals surface area contributed by atoms with Gasteiger partial charge in [0.25, 0.3) is 0 Å². The summed E-state index contributed by atoms with van der Waals surface area (Å²) in [5, 5.41) is 6.37. The fourth-order valence-electron chi connectivity index (χ4n) is 2.95. The zero-order valence-corrected chi connectivity index (χ0v) is 13.3. The van der Waals surface area contributed by atoms with Crippen LogP contribution in [0.4, 0.5) is 5.82 Å². The highest BCUT2D eigenvalue weighted by molar-refractivity contribution is 5.81. The Labute approximate surface area is 131 Å². The Balaban J connectivity index is 1.54. The van der Waals surface area contributed by atoms with Gasteiger partial charge < -0.3 is 15.4 Å². The van der Waals surface area contributed by atoms with Gasteiger partial charge in [0.1, 0.15) is 11.9 Å². The summed E-state index contributed by atoms with van der Waals surface area (Å²) in [5.74, 6) is 1.69. The second kappa shape index (κ2) is 6.65. The lowest BCUT2D eigenvalue weighted by Crippen LogP contribution is -2.39. The molecule has 2 atom stereocenters. The largest absolute Gasteiger partial charge is 0.368 e. The lowest BCUT2D eigenvalue weighted by Gasteiger charge is -2.21. The number of nitrogens with one attached hydrogen (secondary N) is 2. The molecule has 0 bridgehead atoms. The lowest BCUT2D eigenvalue weighted by molar-refractivity contribution is -0.132. The number of hydrogen-bond acceptors (Lipinski definition) is 4. The van der Waals surface area contributed by atoms with Crippen molar-refractivity contribution < 1.29 is 9.53 Å². The van der Waals surface area contributed by atoms with Gasteiger partial charge in [-0.1, -0.05) is 13.8 Å². The third-order valence-corrected chi connectivity index (χ3v) is 4.47. The van der Waals surface area contributed by atoms with Crippen LogP contribution in [0.1, 0.15) is 38.7 Å². The topological polar surface area (TPSA) is 63.2 Å². The minimum Gasteiger partial charge on any atom is -0.368 e. The summed E-state index contributed by atoms with van der Waals surface area (Å²) in [4.78, 5) is 16.6. The molecule has 1 amide bonds. The third kappa shape index (κ3) is 3.77. The number of carbonyl (C=O) groups is 1. The molecule has 3 rings (SSSR count). The van der Waals surface area contributed by atoms with Crippen molar-refractivity contribution in [3.05, 3.63) is 23.9 Å². The van der Waals surface area contributed by atoms with E-state index < -0.39 is 0 Å². The van der Waals surface area contributed by atoms with Crippen molar-refractivity contribution >= 4 is 11.7 Å². The van der Waals surface area contributed by atoms with Gasteiger partial charge in [-0.15, -0.1) is 0 Å². The summed E-state index contributed by atoms with van der Waals surface area (Å²) in [6.07, 6.45) is 4.90. The first-order valence-electron chi connectivity index (χ1n) is 8.24. The number of rotatable bonds is 6. The Morgan fingerprint density at radius 3 is 2.95 bits per heavy atom. The Hall–Kier alpha value is -1.62. The average Bonchev–Trinajstić information content (AvgIpc) is 3.17. The van der Waals surface area contributed by atoms with E-state index in [1.807, 2.05) is 12.1 Å². The van der Waals surface area contributed by atoms with Crippen LogP contribution >= 0.6 is 0 Å². The third-order valence-electron chi connectivity index (χ3n) is 4.47. The SMILES string of the molecule is CC(C)[C@H]1CCO[C@H]1C(=O)NCc1ccnc(NC2CC2)c1. The van der Waals surface area contributed by atoms with E-state index in [0.717, 1.165) is 17.8 Å². The number of hydrogen-bond donors (Lipinski definition) is 2. The van der Waals surface area contributed by atoms with Crippen LogP contribution in [0.15, 0.2) is 18.3 Å². The molecule has 0 aromatic carbocycles. The molecule has 1 saturated carbocycles. The molecule has 1 aliphatic carbocycles. The summed E-state index contributed by atoms with van der Waals surface area (Å²) >= 11 is 0. The van der Waals surface area contributed by atoms with E-state index in [1.165, 1.54) is 12.8 Å². The van der Waals surface area contributed by atoms with Crippen LogP contribution in [0.2, 0.25) is 0 Å². The van der Waals surface area contributed by atoms with Crippen LogP contribution in [0.3, 0.4) is 0 Å². The van der Waals surface area contributed by atoms with Crippen molar-refractivity contribution in [2.45, 2.75) is 51.8 Å². The first-order chi connectivity index (χ1) is 10.6. The molecule has 1 aromatic rings. The van der Waals surface area contributed by atoms with Crippen molar-refractivity contribution in [2.24, 2.45) is 11.8 Å². The van der Waals surface area contributed by atoms with Crippen molar-refractivity contribution in [1.82, 2.24) is 10.3 Å². The maximum atomic E-state index is 12.3. The van der Waals surface area contributed by atoms with E-state index >= 15 is 0 Å². The second-order valence-electron chi connectivity index (χ2n) is 6.67. The van der Waals surface area contributed by atoms with Crippen LogP contribution in [0.25, 0.3) is 0 Å². The van der Waals surface area contributed by atoms with E-state index in [4.69, 9.17) is 4.74 Å². The van der Waals surface area contributed by atoms with Crippen LogP contribution in [0, 0.1) is 11.8 Å². The molecule has 0 unspecified atom stereocenters. The van der Waals surface area contributed by atoms with Gasteiger partial charge in [-0.25, -0.2) is 4.98 Å². The van der Waals surface area contributed by atoms with E-state index in [1.54, 1.807) is 6.20 Å². The molecule has 5 heteroatoms. The van der Waals surface area contributed by atoms with Crippen molar-refractivity contribution in [1.29, 1.82) is 0 Å². The van der Waals surface area contributed by atoms with E-state index in [0.29, 0.717) is 31.0 Å². The van der Waals surface area contributed by atoms with Crippen molar-refractivity contribution in [3.8, 4) is 0 Å². The van der Waals surface area contributed by atoms with Crippen LogP contribution in [0.5, 0.6) is 0 Å². The molecular weight excluding hydrogens is 278 g/mol. The van der Waals surface area contributed by atoms with Crippen LogP contribution < -0.4 is 10.6 Å². The van der Waals surface area contributed by atoms with Crippen molar-refractivity contribution in [2.75, 3.05) is 11.9 Å². The number of pyridine rings is 1. The molecule has 1 aliphatic heterocycles. The zero-order chi connectivity index (χ0) is 15.5. The number of amides is 1. The lowest BCUT2D eigenvalue weighted by atomic mass is 9.89. The minimum absolute atomic E-state index is 0.00437. The monoisotopic (exact) mass is 303 g/mol. The van der Waals surface area contributed by atoms with Gasteiger partial charge in [0.2, 0.25) is 5.91 Å². The molecule has 1 saturated heterocycles. The minimum atomic E-state index is -0.300. The summed E-state index contributed by atoms with van der Waals surface area (Å²) in [7, 11) is 0. The highest BCUT2D eigenvalue weighted by Gasteiger charge is 2.35. The number of ether oxygens (including phenoxy) is 1. The average molecular weight is 303 g/mol. The summed E-state index contributed by atoms with van der Waals surface area (Å²) in [6, 6.07) is 4.53. The number of anilines is 1. The van der Waals surface area contributed by atoms with Crippen LogP contribution in [-0.2, 0) is 16.1 Å². The summed E-state index contributed by atoms with van der Waals surface area (Å²) in [5.41, 5.74) is 1.06. The van der Waals surface area contributed by atoms with Gasteiger partial charge in [-0.3, -0.25) is 4.79 Å². The normalized spacial score (nSPS) is 24.5. The fraction of sp³-hybridized carbons (Fsp3) is 0.647. The van der Waals surface area contributed by atoms with Gasteiger partial charge in [-0.05, 0) is 48.8 Å². The van der Waals surface area contributed by atoms with E-state index in [9.17, 15) is 4.79 Å². The molecule has 0 radical (unpaired) electrons. The van der Waals surface area contributed by atoms with E-state index in [-0.39, 0.29) is 12.0 Å². The fourth-order valence-corrected chi connectivity index (χ4v) is 2.95. The molecule has 120 valence electrons. The number of carbonyl (C=O) groups excluding carboxylic acids is 1. The summed E-state index contributed by atoms with van der Waals surface area (Å²) < 4.78 is 5.62. The maximum Gasteiger partial charge on any atom is 0.249 e. The molecular formula is C17H25N3O2. The first-order valence-corrected chi connectivity index (χ1v) is 8.24. The molecule has 2 fully saturated rings. The highest BCUT2D eigenvalue weighted by atomic mass is 16.5. The molecule has 22 heavy (non-hydrogen) atoms. The highest BCUT2D eigenvalue weighted by Crippen LogP contribution is 2.28. The van der Waals surface area contributed by atoms with Gasteiger partial charge in [0, 0.05) is 25.4 Å². The number of aromatic nitrogens is 1. The number of nitrogens with zero attached hydrogens (tertiary/aromatic N) is 1.